The molecular formula is C98H160O18. The molecular weight excluding hydrogens is 1470 g/mol. The Morgan fingerprint density at radius 2 is 0.595 bits per heavy atom. The van der Waals surface area contributed by atoms with Gasteiger partial charge in [0.2, 0.25) is 0 Å². The van der Waals surface area contributed by atoms with Crippen LogP contribution < -0.4 is 0 Å². The molecule has 0 amide bonds. The molecule has 20 saturated carbocycles. The number of ether oxygens (including phenoxy) is 12. The highest BCUT2D eigenvalue weighted by molar-refractivity contribution is 5.77. The number of carbonyl (C=O) groups is 6. The third-order valence-electron chi connectivity index (χ3n) is 35.3. The lowest BCUT2D eigenvalue weighted by atomic mass is 9.55. The van der Waals surface area contributed by atoms with Gasteiger partial charge in [-0.05, 0) is 409 Å². The average molecular weight is 1630 g/mol. The first-order chi connectivity index (χ1) is 55.5. The summed E-state index contributed by atoms with van der Waals surface area (Å²) in [5.74, 6) is 20.4. The monoisotopic (exact) mass is 1630 g/mol. The van der Waals surface area contributed by atoms with Crippen molar-refractivity contribution < 1.29 is 85.6 Å². The van der Waals surface area contributed by atoms with E-state index in [1.807, 2.05) is 111 Å². The molecule has 0 aromatic heterocycles. The summed E-state index contributed by atoms with van der Waals surface area (Å²) in [6.45, 7) is 31.9. The van der Waals surface area contributed by atoms with Crippen LogP contribution in [0.25, 0.3) is 0 Å². The zero-order valence-electron chi connectivity index (χ0n) is 75.1. The van der Waals surface area contributed by atoms with E-state index in [-0.39, 0.29) is 93.8 Å². The molecule has 0 N–H and O–H groups in total. The zero-order chi connectivity index (χ0) is 82.7. The van der Waals surface area contributed by atoms with E-state index < -0.39 is 16.2 Å². The molecule has 0 saturated heterocycles. The van der Waals surface area contributed by atoms with Crippen LogP contribution in [0.1, 0.15) is 329 Å². The lowest BCUT2D eigenvalue weighted by Gasteiger charge is -2.53. The van der Waals surface area contributed by atoms with Crippen molar-refractivity contribution in [2.75, 3.05) is 34.0 Å². The van der Waals surface area contributed by atoms with Crippen LogP contribution in [0.3, 0.4) is 0 Å². The number of rotatable bonds is 30. The molecule has 0 heterocycles. The maximum absolute atomic E-state index is 12.0. The van der Waals surface area contributed by atoms with Crippen LogP contribution in [0.5, 0.6) is 0 Å². The van der Waals surface area contributed by atoms with Gasteiger partial charge in [-0.15, -0.1) is 0 Å². The molecule has 0 aromatic carbocycles. The largest absolute Gasteiger partial charge is 0.438 e. The lowest BCUT2D eigenvalue weighted by Crippen LogP contribution is -2.49. The summed E-state index contributed by atoms with van der Waals surface area (Å²) in [6, 6.07) is 0. The Morgan fingerprint density at radius 1 is 0.284 bits per heavy atom. The molecule has 0 radical (unpaired) electrons. The number of hydrogen-bond donors (Lipinski definition) is 0. The van der Waals surface area contributed by atoms with E-state index in [0.29, 0.717) is 42.5 Å². The fraction of sp³-hybridized carbons (Fsp3) is 0.939. The molecule has 18 heteroatoms. The Morgan fingerprint density at radius 3 is 0.940 bits per heavy atom. The third kappa shape index (κ3) is 21.0. The topological polar surface area (TPSA) is 213 Å². The van der Waals surface area contributed by atoms with E-state index in [0.717, 1.165) is 181 Å². The summed E-state index contributed by atoms with van der Waals surface area (Å²) in [5.41, 5.74) is -1.18. The maximum atomic E-state index is 12.0. The van der Waals surface area contributed by atoms with Crippen LogP contribution in [0.15, 0.2) is 0 Å². The van der Waals surface area contributed by atoms with E-state index in [9.17, 15) is 28.8 Å². The van der Waals surface area contributed by atoms with E-state index >= 15 is 0 Å². The third-order valence-corrected chi connectivity index (χ3v) is 35.3. The fourth-order valence-corrected chi connectivity index (χ4v) is 27.7. The van der Waals surface area contributed by atoms with Crippen LogP contribution in [-0.4, -0.2) is 113 Å². The van der Waals surface area contributed by atoms with E-state index in [1.54, 1.807) is 0 Å². The standard InChI is InChI=1S/C19H30O3.C18H28O3.C17H28O3.C16H26O3.2C14H24O3/c1-4-19(2,3)18(20)22-10-21-15-9-13-8-14(15)17-12-6-5-11(7-12)16(13)17;1-3-10(2)18(19)21-9-20-15-8-13-7-14(15)17-12-5-4-11(6-12)16(13)17;1-4-17(2,3)16(18)20-10-19-15-13-6-11-5-12(8-13)9-14(15)7-11;1-3-10(2)16(17)19-9-18-15-13-5-11-4-12(7-13)8-14(15)6-11;1-4-14(2,3)13(15)17-9-16-12-8-10-5-6-11(12)7-10;1-4-9(2)14(15)17-10(3)16-13-8-11-5-6-12(13)7-11/h11-17H,4-10H2,1-3H3;10-17H,3-9H2,1-2H3;11-15H,4-10H2,1-3H3;10-15H,3-9H2,1-2H3;10-12H,4-9H2,1-3H3;9-13H,4-8H2,1-3H3. The highest BCUT2D eigenvalue weighted by Gasteiger charge is 2.64. The van der Waals surface area contributed by atoms with Crippen LogP contribution in [0.4, 0.5) is 0 Å². The first-order valence-electron chi connectivity index (χ1n) is 48.3. The molecule has 20 fully saturated rings. The Hall–Kier alpha value is -3.42. The van der Waals surface area contributed by atoms with Crippen molar-refractivity contribution in [3.63, 3.8) is 0 Å². The van der Waals surface area contributed by atoms with Gasteiger partial charge >= 0.3 is 35.8 Å². The van der Waals surface area contributed by atoms with Gasteiger partial charge in [-0.25, -0.2) is 0 Å². The van der Waals surface area contributed by atoms with Crippen molar-refractivity contribution in [2.45, 2.75) is 372 Å². The minimum absolute atomic E-state index is 0.0106. The van der Waals surface area contributed by atoms with Crippen LogP contribution in [0, 0.1) is 176 Å². The molecule has 20 aliphatic rings. The van der Waals surface area contributed by atoms with Gasteiger partial charge in [0.1, 0.15) is 0 Å². The Bertz CT molecular complexity index is 3160. The summed E-state index contributed by atoms with van der Waals surface area (Å²) >= 11 is 0. The van der Waals surface area contributed by atoms with Gasteiger partial charge < -0.3 is 56.8 Å². The van der Waals surface area contributed by atoms with Crippen LogP contribution >= 0.6 is 0 Å². The molecule has 116 heavy (non-hydrogen) atoms. The van der Waals surface area contributed by atoms with Crippen molar-refractivity contribution in [1.82, 2.24) is 0 Å². The minimum atomic E-state index is -0.395. The summed E-state index contributed by atoms with van der Waals surface area (Å²) < 4.78 is 67.2. The van der Waals surface area contributed by atoms with Gasteiger partial charge in [0.25, 0.3) is 0 Å². The Labute approximate surface area is 699 Å². The number of fused-ring (bicyclic) bond motifs is 22. The average Bonchev–Trinajstić information content (AvgIpc) is 1.45. The van der Waals surface area contributed by atoms with E-state index in [1.165, 1.54) is 173 Å². The second-order valence-corrected chi connectivity index (χ2v) is 43.5. The quantitative estimate of drug-likeness (QED) is 0.0283. The maximum Gasteiger partial charge on any atom is 0.313 e. The van der Waals surface area contributed by atoms with Gasteiger partial charge in [0, 0.05) is 0 Å². The van der Waals surface area contributed by atoms with Crippen molar-refractivity contribution in [2.24, 2.45) is 176 Å². The predicted octanol–water partition coefficient (Wildman–Crippen LogP) is 21.0. The summed E-state index contributed by atoms with van der Waals surface area (Å²) in [6.07, 6.45) is 44.6. The molecule has 660 valence electrons. The summed E-state index contributed by atoms with van der Waals surface area (Å²) in [4.78, 5) is 70.6. The predicted molar refractivity (Wildman–Crippen MR) is 443 cm³/mol. The van der Waals surface area contributed by atoms with Crippen molar-refractivity contribution in [3.8, 4) is 0 Å². The number of hydrogen-bond acceptors (Lipinski definition) is 18. The van der Waals surface area contributed by atoms with Crippen LogP contribution in [-0.2, 0) is 85.6 Å². The first kappa shape index (κ1) is 90.3. The highest BCUT2D eigenvalue weighted by Crippen LogP contribution is 2.69. The minimum Gasteiger partial charge on any atom is -0.438 e. The Balaban J connectivity index is 0.000000121. The molecule has 0 aromatic rings. The molecule has 24 atom stereocenters. The fourth-order valence-electron chi connectivity index (χ4n) is 27.7. The molecule has 20 bridgehead atoms. The molecule has 20 rings (SSSR count). The number of esters is 6. The summed E-state index contributed by atoms with van der Waals surface area (Å²) in [5, 5.41) is 0. The molecule has 20 aliphatic carbocycles. The van der Waals surface area contributed by atoms with Gasteiger partial charge in [-0.1, -0.05) is 62.3 Å². The van der Waals surface area contributed by atoms with Crippen molar-refractivity contribution >= 4 is 35.8 Å². The highest BCUT2D eigenvalue weighted by atomic mass is 16.7. The van der Waals surface area contributed by atoms with Gasteiger partial charge in [-0.2, -0.15) is 0 Å². The smallest absolute Gasteiger partial charge is 0.313 e. The van der Waals surface area contributed by atoms with E-state index in [2.05, 4.69) is 0 Å². The Kier molecular flexibility index (Phi) is 30.8. The molecule has 18 nitrogen and oxygen atoms in total. The molecule has 0 spiro atoms. The van der Waals surface area contributed by atoms with Gasteiger partial charge in [-0.3, -0.25) is 28.8 Å². The normalized spacial score (nSPS) is 40.4. The van der Waals surface area contributed by atoms with Crippen LogP contribution in [0.2, 0.25) is 0 Å². The second-order valence-electron chi connectivity index (χ2n) is 43.5. The number of carbonyl (C=O) groups excluding carboxylic acids is 6. The zero-order valence-corrected chi connectivity index (χ0v) is 75.1. The first-order valence-corrected chi connectivity index (χ1v) is 48.3. The SMILES string of the molecule is CCC(C)(C)C(=O)OCOC1C2CC3CC(C2)CC1C3.CCC(C)(C)C(=O)OCOC1CC2CC1C1C3CCC(C3)C21.CCC(C)(C)C(=O)OCOC1CC2CCC1C2.CCC(C)C(=O)OC(C)OC1CC2CCC1C2.CCC(C)C(=O)OCOC1C2CC3CC(C2)CC1C3.CCC(C)C(=O)OCOC1CC2CC1C1C3CCC(C3)C21. The van der Waals surface area contributed by atoms with Crippen molar-refractivity contribution in [1.29, 1.82) is 0 Å². The van der Waals surface area contributed by atoms with Gasteiger partial charge in [0.05, 0.1) is 70.6 Å². The lowest BCUT2D eigenvalue weighted by molar-refractivity contribution is -0.193. The van der Waals surface area contributed by atoms with Gasteiger partial charge in [0.15, 0.2) is 40.3 Å². The summed E-state index contributed by atoms with van der Waals surface area (Å²) in [7, 11) is 0. The van der Waals surface area contributed by atoms with E-state index in [4.69, 9.17) is 56.8 Å². The van der Waals surface area contributed by atoms with Crippen molar-refractivity contribution in [3.05, 3.63) is 0 Å². The molecule has 24 unspecified atom stereocenters. The second kappa shape index (κ2) is 39.6. The molecule has 0 aliphatic heterocycles.